The normalized spacial score (nSPS) is 27.9. The number of carbonyl (C=O) groups is 1. The first-order valence-corrected chi connectivity index (χ1v) is 7.08. The highest BCUT2D eigenvalue weighted by Gasteiger charge is 2.40. The van der Waals surface area contributed by atoms with E-state index in [4.69, 9.17) is 4.74 Å². The number of halogens is 3. The predicted molar refractivity (Wildman–Crippen MR) is 64.9 cm³/mol. The number of nitrogens with one attached hydrogen (secondary N) is 1. The lowest BCUT2D eigenvalue weighted by atomic mass is 9.92. The number of alkyl halides is 3. The van der Waals surface area contributed by atoms with E-state index in [0.29, 0.717) is 0 Å². The molecule has 0 radical (unpaired) electrons. The smallest absolute Gasteiger partial charge is 0.368 e. The zero-order chi connectivity index (χ0) is 14.6. The van der Waals surface area contributed by atoms with Crippen LogP contribution in [-0.4, -0.2) is 37.1 Å². The van der Waals surface area contributed by atoms with E-state index in [0.717, 1.165) is 25.7 Å². The lowest BCUT2D eigenvalue weighted by Crippen LogP contribution is -2.43. The molecule has 0 aromatic rings. The molecule has 2 fully saturated rings. The van der Waals surface area contributed by atoms with Gasteiger partial charge in [0.2, 0.25) is 5.91 Å². The largest absolute Gasteiger partial charge is 0.522 e. The second-order valence-corrected chi connectivity index (χ2v) is 5.49. The molecule has 0 heterocycles. The lowest BCUT2D eigenvalue weighted by Gasteiger charge is -2.35. The summed E-state index contributed by atoms with van der Waals surface area (Å²) in [6.45, 7) is -0.0834. The van der Waals surface area contributed by atoms with E-state index in [1.807, 2.05) is 0 Å². The fourth-order valence-corrected chi connectivity index (χ4v) is 2.65. The lowest BCUT2D eigenvalue weighted by molar-refractivity contribution is -0.357. The predicted octanol–water partition coefficient (Wildman–Crippen LogP) is 2.52. The summed E-state index contributed by atoms with van der Waals surface area (Å²) in [6.07, 6.45) is 0.121. The van der Waals surface area contributed by atoms with E-state index >= 15 is 0 Å². The molecule has 0 aliphatic heterocycles. The van der Waals surface area contributed by atoms with Crippen molar-refractivity contribution in [3.05, 3.63) is 0 Å². The Labute approximate surface area is 116 Å². The summed E-state index contributed by atoms with van der Waals surface area (Å²) < 4.78 is 44.8. The molecule has 1 N–H and O–H groups in total. The molecular weight excluding hydrogens is 275 g/mol. The van der Waals surface area contributed by atoms with Crippen molar-refractivity contribution in [1.82, 2.24) is 5.32 Å². The fourth-order valence-electron chi connectivity index (χ4n) is 2.65. The fraction of sp³-hybridized carbons (Fsp3) is 0.923. The van der Waals surface area contributed by atoms with Crippen LogP contribution in [0.5, 0.6) is 0 Å². The van der Waals surface area contributed by atoms with Crippen LogP contribution in [0.4, 0.5) is 13.2 Å². The van der Waals surface area contributed by atoms with Crippen LogP contribution in [0, 0.1) is 0 Å². The molecule has 0 aromatic heterocycles. The molecule has 0 atom stereocenters. The quantitative estimate of drug-likeness (QED) is 0.848. The highest BCUT2D eigenvalue weighted by Crippen LogP contribution is 2.31. The molecule has 0 bridgehead atoms. The van der Waals surface area contributed by atoms with Crippen LogP contribution in [0.25, 0.3) is 0 Å². The van der Waals surface area contributed by atoms with Gasteiger partial charge >= 0.3 is 6.36 Å². The number of amides is 1. The van der Waals surface area contributed by atoms with Crippen LogP contribution < -0.4 is 5.32 Å². The molecule has 2 aliphatic rings. The number of hydrogen-bond acceptors (Lipinski definition) is 3. The molecule has 2 aliphatic carbocycles. The molecule has 20 heavy (non-hydrogen) atoms. The number of rotatable bonds is 5. The summed E-state index contributed by atoms with van der Waals surface area (Å²) in [6, 6.07) is 0.225. The summed E-state index contributed by atoms with van der Waals surface area (Å²) in [5.74, 6) is -0.183. The molecule has 7 heteroatoms. The van der Waals surface area contributed by atoms with Crippen molar-refractivity contribution in [1.29, 1.82) is 0 Å². The van der Waals surface area contributed by atoms with Crippen molar-refractivity contribution in [2.24, 2.45) is 0 Å². The van der Waals surface area contributed by atoms with Gasteiger partial charge in [0.05, 0.1) is 12.2 Å². The molecule has 2 saturated carbocycles. The average molecular weight is 295 g/mol. The Morgan fingerprint density at radius 2 is 1.75 bits per heavy atom. The van der Waals surface area contributed by atoms with Gasteiger partial charge in [-0.25, -0.2) is 0 Å². The van der Waals surface area contributed by atoms with Gasteiger partial charge in [0.15, 0.2) is 0 Å². The third kappa shape index (κ3) is 5.28. The first-order chi connectivity index (χ1) is 9.42. The van der Waals surface area contributed by atoms with Gasteiger partial charge < -0.3 is 10.1 Å². The first-order valence-electron chi connectivity index (χ1n) is 7.08. The van der Waals surface area contributed by atoms with Gasteiger partial charge in [-0.15, -0.1) is 13.2 Å². The van der Waals surface area contributed by atoms with Gasteiger partial charge in [-0.2, -0.15) is 0 Å². The van der Waals surface area contributed by atoms with Gasteiger partial charge in [-0.1, -0.05) is 19.3 Å². The van der Waals surface area contributed by atoms with Crippen LogP contribution in [0.3, 0.4) is 0 Å². The number of hydrogen-bond donors (Lipinski definition) is 1. The van der Waals surface area contributed by atoms with Gasteiger partial charge in [0.25, 0.3) is 0 Å². The topological polar surface area (TPSA) is 47.6 Å². The summed E-state index contributed by atoms with van der Waals surface area (Å²) in [7, 11) is 0. The molecular formula is C13H20F3NO3. The standard InChI is InChI=1S/C13H20F3NO3/c14-13(15,16)20-11-6-10(7-11)19-8-12(18)17-9-4-2-1-3-5-9/h9-11H,1-8H2,(H,17,18)/t10-,11+. The first kappa shape index (κ1) is 15.6. The van der Waals surface area contributed by atoms with Gasteiger partial charge in [-0.3, -0.25) is 9.53 Å². The molecule has 116 valence electrons. The highest BCUT2D eigenvalue weighted by atomic mass is 19.4. The molecule has 4 nitrogen and oxygen atoms in total. The minimum Gasteiger partial charge on any atom is -0.368 e. The zero-order valence-electron chi connectivity index (χ0n) is 11.2. The third-order valence-corrected chi connectivity index (χ3v) is 3.77. The Balaban J connectivity index is 1.54. The Bertz CT molecular complexity index is 323. The molecule has 0 aromatic carbocycles. The van der Waals surface area contributed by atoms with Gasteiger partial charge in [0, 0.05) is 18.9 Å². The van der Waals surface area contributed by atoms with E-state index in [-0.39, 0.29) is 37.5 Å². The zero-order valence-corrected chi connectivity index (χ0v) is 11.2. The second kappa shape index (κ2) is 6.76. The summed E-state index contributed by atoms with van der Waals surface area (Å²) in [5, 5.41) is 2.90. The summed E-state index contributed by atoms with van der Waals surface area (Å²) >= 11 is 0. The SMILES string of the molecule is O=C(CO[C@H]1C[C@@H](OC(F)(F)F)C1)NC1CCCCC1. The van der Waals surface area contributed by atoms with Crippen molar-refractivity contribution in [3.63, 3.8) is 0 Å². The van der Waals surface area contributed by atoms with Gasteiger partial charge in [-0.05, 0) is 12.8 Å². The summed E-state index contributed by atoms with van der Waals surface area (Å²) in [5.41, 5.74) is 0. The maximum Gasteiger partial charge on any atom is 0.522 e. The molecule has 0 spiro atoms. The Morgan fingerprint density at radius 3 is 2.35 bits per heavy atom. The van der Waals surface area contributed by atoms with Crippen molar-refractivity contribution < 1.29 is 27.4 Å². The highest BCUT2D eigenvalue weighted by molar-refractivity contribution is 5.77. The van der Waals surface area contributed by atoms with E-state index in [2.05, 4.69) is 10.1 Å². The average Bonchev–Trinajstić information content (AvgIpc) is 2.32. The molecule has 0 saturated heterocycles. The Hall–Kier alpha value is -0.820. The monoisotopic (exact) mass is 295 g/mol. The van der Waals surface area contributed by atoms with Crippen molar-refractivity contribution in [3.8, 4) is 0 Å². The minimum absolute atomic E-state index is 0.0834. The Kier molecular flexibility index (Phi) is 5.26. The van der Waals surface area contributed by atoms with Crippen molar-refractivity contribution in [2.45, 2.75) is 69.6 Å². The number of carbonyl (C=O) groups excluding carboxylic acids is 1. The molecule has 1 amide bonds. The van der Waals surface area contributed by atoms with Crippen LogP contribution in [0.1, 0.15) is 44.9 Å². The maximum atomic E-state index is 11.9. The van der Waals surface area contributed by atoms with E-state index in [1.165, 1.54) is 6.42 Å². The summed E-state index contributed by atoms with van der Waals surface area (Å²) in [4.78, 5) is 11.6. The molecule has 2 rings (SSSR count). The van der Waals surface area contributed by atoms with Gasteiger partial charge in [0.1, 0.15) is 6.61 Å². The van der Waals surface area contributed by atoms with Crippen molar-refractivity contribution >= 4 is 5.91 Å². The number of ether oxygens (including phenoxy) is 2. The van der Waals surface area contributed by atoms with Crippen LogP contribution in [0.15, 0.2) is 0 Å². The van der Waals surface area contributed by atoms with Crippen LogP contribution in [0.2, 0.25) is 0 Å². The van der Waals surface area contributed by atoms with Crippen LogP contribution in [-0.2, 0) is 14.3 Å². The third-order valence-electron chi connectivity index (χ3n) is 3.77. The molecule has 0 unspecified atom stereocenters. The second-order valence-electron chi connectivity index (χ2n) is 5.49. The van der Waals surface area contributed by atoms with E-state index in [9.17, 15) is 18.0 Å². The minimum atomic E-state index is -4.59. The maximum absolute atomic E-state index is 11.9. The van der Waals surface area contributed by atoms with E-state index in [1.54, 1.807) is 0 Å². The van der Waals surface area contributed by atoms with Crippen LogP contribution >= 0.6 is 0 Å². The Morgan fingerprint density at radius 1 is 1.10 bits per heavy atom. The van der Waals surface area contributed by atoms with E-state index < -0.39 is 12.5 Å². The van der Waals surface area contributed by atoms with Crippen molar-refractivity contribution in [2.75, 3.05) is 6.61 Å².